The first-order chi connectivity index (χ1) is 10.3. The molecule has 0 atom stereocenters. The lowest BCUT2D eigenvalue weighted by Gasteiger charge is -2.35. The van der Waals surface area contributed by atoms with Gasteiger partial charge in [0.25, 0.3) is 0 Å². The molecule has 108 valence electrons. The van der Waals surface area contributed by atoms with Crippen molar-refractivity contribution in [3.63, 3.8) is 0 Å². The number of halogens is 1. The number of aromatic nitrogens is 1. The van der Waals surface area contributed by atoms with Crippen molar-refractivity contribution in [3.05, 3.63) is 44.7 Å². The van der Waals surface area contributed by atoms with Gasteiger partial charge in [-0.3, -0.25) is 4.90 Å². The first-order valence-corrected chi connectivity index (χ1v) is 8.44. The van der Waals surface area contributed by atoms with Crippen LogP contribution in [0.5, 0.6) is 0 Å². The Bertz CT molecular complexity index is 656. The fraction of sp³-hybridized carbons (Fsp3) is 0.333. The molecule has 0 aliphatic carbocycles. The Hall–Kier alpha value is -1.42. The van der Waals surface area contributed by atoms with Crippen LogP contribution in [-0.4, -0.2) is 36.1 Å². The first kappa shape index (κ1) is 14.5. The molecule has 3 heterocycles. The lowest BCUT2D eigenvalue weighted by molar-refractivity contribution is 0.251. The van der Waals surface area contributed by atoms with E-state index in [4.69, 9.17) is 5.26 Å². The van der Waals surface area contributed by atoms with Gasteiger partial charge in [-0.2, -0.15) is 5.26 Å². The summed E-state index contributed by atoms with van der Waals surface area (Å²) in [5.74, 6) is 0.818. The molecule has 0 N–H and O–H groups in total. The van der Waals surface area contributed by atoms with Crippen molar-refractivity contribution in [1.82, 2.24) is 9.88 Å². The van der Waals surface area contributed by atoms with Crippen LogP contribution in [0.1, 0.15) is 10.4 Å². The van der Waals surface area contributed by atoms with Crippen LogP contribution >= 0.6 is 27.3 Å². The van der Waals surface area contributed by atoms with Gasteiger partial charge in [-0.15, -0.1) is 11.3 Å². The average Bonchev–Trinajstić information content (AvgIpc) is 2.93. The molecule has 0 bridgehead atoms. The van der Waals surface area contributed by atoms with Gasteiger partial charge in [0.2, 0.25) is 0 Å². The van der Waals surface area contributed by atoms with Crippen LogP contribution in [0.2, 0.25) is 0 Å². The molecule has 0 unspecified atom stereocenters. The number of hydrogen-bond acceptors (Lipinski definition) is 5. The standard InChI is InChI=1S/C15H15BrN4S/c16-14-4-3-13(21-14)11-19-6-8-20(9-7-19)15-12(10-17)2-1-5-18-15/h1-5H,6-9,11H2. The van der Waals surface area contributed by atoms with Crippen LogP contribution in [0.3, 0.4) is 0 Å². The maximum absolute atomic E-state index is 9.17. The Balaban J connectivity index is 1.61. The van der Waals surface area contributed by atoms with E-state index in [-0.39, 0.29) is 0 Å². The van der Waals surface area contributed by atoms with Gasteiger partial charge >= 0.3 is 0 Å². The quantitative estimate of drug-likeness (QED) is 0.841. The summed E-state index contributed by atoms with van der Waals surface area (Å²) in [6.07, 6.45) is 1.76. The molecule has 1 fully saturated rings. The van der Waals surface area contributed by atoms with Crippen LogP contribution < -0.4 is 4.90 Å². The Kier molecular flexibility index (Phi) is 4.54. The van der Waals surface area contributed by atoms with Gasteiger partial charge < -0.3 is 4.90 Å². The van der Waals surface area contributed by atoms with Crippen LogP contribution in [-0.2, 0) is 6.54 Å². The number of rotatable bonds is 3. The SMILES string of the molecule is N#Cc1cccnc1N1CCN(Cc2ccc(Br)s2)CC1. The van der Waals surface area contributed by atoms with Crippen molar-refractivity contribution in [3.8, 4) is 6.07 Å². The molecule has 21 heavy (non-hydrogen) atoms. The van der Waals surface area contributed by atoms with E-state index in [1.165, 1.54) is 8.66 Å². The molecule has 1 aliphatic rings. The van der Waals surface area contributed by atoms with E-state index in [2.05, 4.69) is 48.9 Å². The van der Waals surface area contributed by atoms with E-state index in [1.54, 1.807) is 17.5 Å². The highest BCUT2D eigenvalue weighted by Gasteiger charge is 2.20. The Morgan fingerprint density at radius 1 is 1.24 bits per heavy atom. The van der Waals surface area contributed by atoms with E-state index < -0.39 is 0 Å². The summed E-state index contributed by atoms with van der Waals surface area (Å²) in [6.45, 7) is 4.82. The smallest absolute Gasteiger partial charge is 0.146 e. The zero-order valence-corrected chi connectivity index (χ0v) is 13.9. The molecule has 0 saturated carbocycles. The van der Waals surface area contributed by atoms with E-state index in [0.717, 1.165) is 38.5 Å². The molecule has 6 heteroatoms. The second-order valence-electron chi connectivity index (χ2n) is 4.96. The number of piperazine rings is 1. The fourth-order valence-corrected chi connectivity index (χ4v) is 4.04. The van der Waals surface area contributed by atoms with E-state index in [0.29, 0.717) is 5.56 Å². The van der Waals surface area contributed by atoms with E-state index >= 15 is 0 Å². The highest BCUT2D eigenvalue weighted by atomic mass is 79.9. The van der Waals surface area contributed by atoms with Crippen LogP contribution in [0.4, 0.5) is 5.82 Å². The number of nitriles is 1. The van der Waals surface area contributed by atoms with Gasteiger partial charge in [-0.25, -0.2) is 4.98 Å². The lowest BCUT2D eigenvalue weighted by Crippen LogP contribution is -2.46. The van der Waals surface area contributed by atoms with Crippen molar-refractivity contribution in [2.24, 2.45) is 0 Å². The molecule has 1 aliphatic heterocycles. The normalized spacial score (nSPS) is 15.9. The molecule has 2 aromatic rings. The predicted octanol–water partition coefficient (Wildman–Crippen LogP) is 3.10. The van der Waals surface area contributed by atoms with Crippen molar-refractivity contribution in [1.29, 1.82) is 5.26 Å². The molecule has 0 amide bonds. The third-order valence-electron chi connectivity index (χ3n) is 3.59. The summed E-state index contributed by atoms with van der Waals surface area (Å²) in [5.41, 5.74) is 0.660. The first-order valence-electron chi connectivity index (χ1n) is 6.83. The van der Waals surface area contributed by atoms with Gasteiger partial charge in [-0.1, -0.05) is 0 Å². The molecule has 4 nitrogen and oxygen atoms in total. The Morgan fingerprint density at radius 3 is 2.71 bits per heavy atom. The minimum Gasteiger partial charge on any atom is -0.353 e. The summed E-state index contributed by atoms with van der Waals surface area (Å²) in [7, 11) is 0. The maximum atomic E-state index is 9.17. The largest absolute Gasteiger partial charge is 0.353 e. The molecule has 0 spiro atoms. The average molecular weight is 363 g/mol. The zero-order valence-electron chi connectivity index (χ0n) is 11.5. The fourth-order valence-electron chi connectivity index (χ4n) is 2.51. The number of anilines is 1. The highest BCUT2D eigenvalue weighted by molar-refractivity contribution is 9.11. The second kappa shape index (κ2) is 6.56. The van der Waals surface area contributed by atoms with Crippen LogP contribution in [0.25, 0.3) is 0 Å². The topological polar surface area (TPSA) is 43.2 Å². The number of nitrogens with zero attached hydrogens (tertiary/aromatic N) is 4. The van der Waals surface area contributed by atoms with E-state index in [9.17, 15) is 0 Å². The minimum absolute atomic E-state index is 0.660. The second-order valence-corrected chi connectivity index (χ2v) is 7.50. The highest BCUT2D eigenvalue weighted by Crippen LogP contribution is 2.24. The minimum atomic E-state index is 0.660. The van der Waals surface area contributed by atoms with Gasteiger partial charge in [0.15, 0.2) is 0 Å². The van der Waals surface area contributed by atoms with Crippen molar-refractivity contribution < 1.29 is 0 Å². The number of thiophene rings is 1. The lowest BCUT2D eigenvalue weighted by atomic mass is 10.2. The maximum Gasteiger partial charge on any atom is 0.146 e. The van der Waals surface area contributed by atoms with Crippen LogP contribution in [0, 0.1) is 11.3 Å². The van der Waals surface area contributed by atoms with Crippen molar-refractivity contribution >= 4 is 33.1 Å². The molecule has 3 rings (SSSR count). The summed E-state index contributed by atoms with van der Waals surface area (Å²) in [4.78, 5) is 10.4. The van der Waals surface area contributed by atoms with Gasteiger partial charge in [0, 0.05) is 43.8 Å². The molecule has 0 radical (unpaired) electrons. The van der Waals surface area contributed by atoms with Gasteiger partial charge in [-0.05, 0) is 40.2 Å². The summed E-state index contributed by atoms with van der Waals surface area (Å²) >= 11 is 5.30. The molecule has 0 aromatic carbocycles. The Morgan fingerprint density at radius 2 is 2.05 bits per heavy atom. The van der Waals surface area contributed by atoms with Gasteiger partial charge in [0.1, 0.15) is 11.9 Å². The molecular weight excluding hydrogens is 348 g/mol. The molecular formula is C15H15BrN4S. The monoisotopic (exact) mass is 362 g/mol. The number of pyridine rings is 1. The van der Waals surface area contributed by atoms with Gasteiger partial charge in [0.05, 0.1) is 9.35 Å². The third-order valence-corrected chi connectivity index (χ3v) is 5.20. The number of hydrogen-bond donors (Lipinski definition) is 0. The summed E-state index contributed by atoms with van der Waals surface area (Å²) < 4.78 is 1.18. The molecule has 2 aromatic heterocycles. The summed E-state index contributed by atoms with van der Waals surface area (Å²) in [5, 5.41) is 9.17. The molecule has 1 saturated heterocycles. The predicted molar refractivity (Wildman–Crippen MR) is 88.5 cm³/mol. The zero-order chi connectivity index (χ0) is 14.7. The van der Waals surface area contributed by atoms with E-state index in [1.807, 2.05) is 12.1 Å². The van der Waals surface area contributed by atoms with Crippen LogP contribution in [0.15, 0.2) is 34.2 Å². The summed E-state index contributed by atoms with van der Waals surface area (Å²) in [6, 6.07) is 10.1. The third kappa shape index (κ3) is 3.43. The van der Waals surface area contributed by atoms with Crippen molar-refractivity contribution in [2.75, 3.05) is 31.1 Å². The Labute approximate surface area is 136 Å². The van der Waals surface area contributed by atoms with Crippen molar-refractivity contribution in [2.45, 2.75) is 6.54 Å².